The summed E-state index contributed by atoms with van der Waals surface area (Å²) >= 11 is 0. The summed E-state index contributed by atoms with van der Waals surface area (Å²) in [6.45, 7) is 7.92. The Morgan fingerprint density at radius 3 is 2.70 bits per heavy atom. The number of rotatable bonds is 4. The van der Waals surface area contributed by atoms with Crippen LogP contribution in [0.15, 0.2) is 35.1 Å². The third-order valence-electron chi connectivity index (χ3n) is 3.49. The number of fused-ring (bicyclic) bond motifs is 1. The second-order valence-electron chi connectivity index (χ2n) is 6.08. The number of carbonyl (C=O) groups is 1. The first-order valence-electron chi connectivity index (χ1n) is 7.70. The summed E-state index contributed by atoms with van der Waals surface area (Å²) in [6.07, 6.45) is 3.29. The zero-order chi connectivity index (χ0) is 16.6. The summed E-state index contributed by atoms with van der Waals surface area (Å²) < 4.78 is 7.25. The van der Waals surface area contributed by atoms with Crippen LogP contribution in [0, 0.1) is 0 Å². The lowest BCUT2D eigenvalue weighted by Crippen LogP contribution is -2.30. The number of furan rings is 1. The second kappa shape index (κ2) is 5.87. The Kier molecular flexibility index (Phi) is 3.90. The fraction of sp³-hybridized carbons (Fsp3) is 0.353. The Labute approximate surface area is 134 Å². The van der Waals surface area contributed by atoms with E-state index in [1.807, 2.05) is 38.4 Å². The van der Waals surface area contributed by atoms with E-state index in [9.17, 15) is 4.79 Å². The highest BCUT2D eigenvalue weighted by molar-refractivity contribution is 6.06. The molecule has 0 aliphatic rings. The van der Waals surface area contributed by atoms with Gasteiger partial charge in [-0.25, -0.2) is 9.67 Å². The Bertz CT molecular complexity index is 832. The molecular weight excluding hydrogens is 292 g/mol. The fourth-order valence-electron chi connectivity index (χ4n) is 2.47. The number of aromatic nitrogens is 3. The molecule has 3 rings (SSSR count). The molecule has 0 aliphatic carbocycles. The van der Waals surface area contributed by atoms with Crippen molar-refractivity contribution in [2.45, 2.75) is 39.8 Å². The van der Waals surface area contributed by atoms with Crippen molar-refractivity contribution >= 4 is 16.9 Å². The zero-order valence-corrected chi connectivity index (χ0v) is 13.7. The van der Waals surface area contributed by atoms with Crippen molar-refractivity contribution < 1.29 is 9.21 Å². The smallest absolute Gasteiger partial charge is 0.252 e. The van der Waals surface area contributed by atoms with E-state index >= 15 is 0 Å². The first-order valence-corrected chi connectivity index (χ1v) is 7.70. The summed E-state index contributed by atoms with van der Waals surface area (Å²) in [5, 5.41) is 8.05. The van der Waals surface area contributed by atoms with Gasteiger partial charge < -0.3 is 9.73 Å². The highest BCUT2D eigenvalue weighted by Gasteiger charge is 2.19. The molecule has 1 amide bonds. The monoisotopic (exact) mass is 312 g/mol. The third-order valence-corrected chi connectivity index (χ3v) is 3.49. The summed E-state index contributed by atoms with van der Waals surface area (Å²) in [5.74, 6) is 0.491. The molecule has 1 N–H and O–H groups in total. The van der Waals surface area contributed by atoms with Gasteiger partial charge in [-0.1, -0.05) is 0 Å². The maximum absolute atomic E-state index is 12.6. The number of nitrogens with one attached hydrogen (secondary N) is 1. The van der Waals surface area contributed by atoms with E-state index in [2.05, 4.69) is 15.4 Å². The summed E-state index contributed by atoms with van der Waals surface area (Å²) in [7, 11) is 0. The zero-order valence-electron chi connectivity index (χ0n) is 13.7. The molecule has 0 radical (unpaired) electrons. The van der Waals surface area contributed by atoms with Crippen molar-refractivity contribution in [3.8, 4) is 11.5 Å². The van der Waals surface area contributed by atoms with Gasteiger partial charge in [0.15, 0.2) is 11.4 Å². The van der Waals surface area contributed by atoms with Gasteiger partial charge in [-0.2, -0.15) is 5.10 Å². The molecule has 0 saturated heterocycles. The predicted octanol–water partition coefficient (Wildman–Crippen LogP) is 3.41. The minimum atomic E-state index is -0.136. The van der Waals surface area contributed by atoms with Crippen LogP contribution in [0.25, 0.3) is 22.5 Å². The molecular formula is C17H20N4O2. The maximum atomic E-state index is 12.6. The van der Waals surface area contributed by atoms with Crippen molar-refractivity contribution in [1.82, 2.24) is 20.1 Å². The lowest BCUT2D eigenvalue weighted by atomic mass is 10.1. The van der Waals surface area contributed by atoms with Gasteiger partial charge in [0.05, 0.1) is 23.4 Å². The minimum Gasteiger partial charge on any atom is -0.463 e. The van der Waals surface area contributed by atoms with Crippen LogP contribution in [0.5, 0.6) is 0 Å². The highest BCUT2D eigenvalue weighted by Crippen LogP contribution is 2.26. The average Bonchev–Trinajstić information content (AvgIpc) is 3.14. The van der Waals surface area contributed by atoms with Crippen LogP contribution in [0.4, 0.5) is 0 Å². The van der Waals surface area contributed by atoms with E-state index in [4.69, 9.17) is 4.42 Å². The SMILES string of the molecule is CC(C)NC(=O)c1cc(-c2ccco2)nc2c1cnn2C(C)C. The Balaban J connectivity index is 2.22. The molecule has 0 spiro atoms. The van der Waals surface area contributed by atoms with Gasteiger partial charge in [-0.3, -0.25) is 4.79 Å². The number of pyridine rings is 1. The first-order chi connectivity index (χ1) is 11.0. The summed E-state index contributed by atoms with van der Waals surface area (Å²) in [4.78, 5) is 17.2. The largest absolute Gasteiger partial charge is 0.463 e. The Morgan fingerprint density at radius 2 is 2.09 bits per heavy atom. The molecule has 0 aliphatic heterocycles. The van der Waals surface area contributed by atoms with Crippen LogP contribution < -0.4 is 5.32 Å². The van der Waals surface area contributed by atoms with Crippen LogP contribution in [0.2, 0.25) is 0 Å². The van der Waals surface area contributed by atoms with E-state index in [0.29, 0.717) is 22.7 Å². The molecule has 23 heavy (non-hydrogen) atoms. The molecule has 0 fully saturated rings. The molecule has 0 bridgehead atoms. The van der Waals surface area contributed by atoms with Crippen LogP contribution in [-0.2, 0) is 0 Å². The van der Waals surface area contributed by atoms with Gasteiger partial charge in [-0.05, 0) is 45.9 Å². The summed E-state index contributed by atoms with van der Waals surface area (Å²) in [6, 6.07) is 5.58. The van der Waals surface area contributed by atoms with Crippen molar-refractivity contribution in [2.24, 2.45) is 0 Å². The molecule has 3 aromatic heterocycles. The second-order valence-corrected chi connectivity index (χ2v) is 6.08. The average molecular weight is 312 g/mol. The van der Waals surface area contributed by atoms with Gasteiger partial charge in [0.25, 0.3) is 5.91 Å². The van der Waals surface area contributed by atoms with Gasteiger partial charge in [0, 0.05) is 12.1 Å². The van der Waals surface area contributed by atoms with Gasteiger partial charge in [0.1, 0.15) is 5.69 Å². The minimum absolute atomic E-state index is 0.0536. The molecule has 3 aromatic rings. The fourth-order valence-corrected chi connectivity index (χ4v) is 2.47. The van der Waals surface area contributed by atoms with Crippen molar-refractivity contribution in [1.29, 1.82) is 0 Å². The molecule has 6 nitrogen and oxygen atoms in total. The lowest BCUT2D eigenvalue weighted by Gasteiger charge is -2.11. The van der Waals surface area contributed by atoms with Gasteiger partial charge >= 0.3 is 0 Å². The topological polar surface area (TPSA) is 73.0 Å². The van der Waals surface area contributed by atoms with Crippen molar-refractivity contribution in [2.75, 3.05) is 0 Å². The molecule has 0 unspecified atom stereocenters. The summed E-state index contributed by atoms with van der Waals surface area (Å²) in [5.41, 5.74) is 1.86. The normalized spacial score (nSPS) is 11.6. The molecule has 0 saturated carbocycles. The van der Waals surface area contributed by atoms with Gasteiger partial charge in [-0.15, -0.1) is 0 Å². The maximum Gasteiger partial charge on any atom is 0.252 e. The van der Waals surface area contributed by atoms with Crippen molar-refractivity contribution in [3.63, 3.8) is 0 Å². The van der Waals surface area contributed by atoms with E-state index in [0.717, 1.165) is 5.39 Å². The number of hydrogen-bond donors (Lipinski definition) is 1. The van der Waals surface area contributed by atoms with E-state index < -0.39 is 0 Å². The lowest BCUT2D eigenvalue weighted by molar-refractivity contribution is 0.0944. The molecule has 0 aromatic carbocycles. The van der Waals surface area contributed by atoms with Crippen LogP contribution in [0.1, 0.15) is 44.1 Å². The number of hydrogen-bond acceptors (Lipinski definition) is 4. The van der Waals surface area contributed by atoms with Crippen LogP contribution >= 0.6 is 0 Å². The highest BCUT2D eigenvalue weighted by atomic mass is 16.3. The number of amides is 1. The van der Waals surface area contributed by atoms with Crippen LogP contribution in [-0.4, -0.2) is 26.7 Å². The molecule has 6 heteroatoms. The van der Waals surface area contributed by atoms with E-state index in [1.54, 1.807) is 24.6 Å². The van der Waals surface area contributed by atoms with E-state index in [1.165, 1.54) is 0 Å². The molecule has 120 valence electrons. The molecule has 0 atom stereocenters. The predicted molar refractivity (Wildman–Crippen MR) is 88.2 cm³/mol. The quantitative estimate of drug-likeness (QED) is 0.801. The third kappa shape index (κ3) is 2.84. The standard InChI is InChI=1S/C17H20N4O2/c1-10(2)19-17(22)12-8-14(15-6-5-7-23-15)20-16-13(12)9-18-21(16)11(3)4/h5-11H,1-4H3,(H,19,22). The van der Waals surface area contributed by atoms with Crippen molar-refractivity contribution in [3.05, 3.63) is 36.2 Å². The number of carbonyl (C=O) groups excluding carboxylic acids is 1. The van der Waals surface area contributed by atoms with Gasteiger partial charge in [0.2, 0.25) is 0 Å². The first kappa shape index (κ1) is 15.3. The Hall–Kier alpha value is -2.63. The van der Waals surface area contributed by atoms with Crippen LogP contribution in [0.3, 0.4) is 0 Å². The molecule has 3 heterocycles. The number of nitrogens with zero attached hydrogens (tertiary/aromatic N) is 3. The van der Waals surface area contributed by atoms with E-state index in [-0.39, 0.29) is 18.0 Å². The Morgan fingerprint density at radius 1 is 1.30 bits per heavy atom.